The highest BCUT2D eigenvalue weighted by atomic mass is 19.1. The van der Waals surface area contributed by atoms with Gasteiger partial charge in [0.25, 0.3) is 0 Å². The molecule has 1 rings (SSSR count). The van der Waals surface area contributed by atoms with Crippen LogP contribution < -0.4 is 10.5 Å². The van der Waals surface area contributed by atoms with Crippen LogP contribution in [0.2, 0.25) is 0 Å². The Morgan fingerprint density at radius 3 is 2.64 bits per heavy atom. The summed E-state index contributed by atoms with van der Waals surface area (Å²) in [4.78, 5) is 7.80. The van der Waals surface area contributed by atoms with Crippen LogP contribution in [0.3, 0.4) is 0 Å². The Labute approximate surface area is 82.3 Å². The summed E-state index contributed by atoms with van der Waals surface area (Å²) in [5.41, 5.74) is 3.90. The first-order valence-electron chi connectivity index (χ1n) is 4.42. The number of hydrogen-bond acceptors (Lipinski definition) is 4. The van der Waals surface area contributed by atoms with Crippen LogP contribution in [0, 0.1) is 0 Å². The zero-order valence-corrected chi connectivity index (χ0v) is 8.33. The molecule has 0 amide bonds. The molecule has 4 nitrogen and oxygen atoms in total. The summed E-state index contributed by atoms with van der Waals surface area (Å²) in [5.74, 6) is 0.197. The fourth-order valence-corrected chi connectivity index (χ4v) is 1.19. The SMILES string of the molecule is CCC(F)(CN)c1nccnc1OC. The van der Waals surface area contributed by atoms with Crippen LogP contribution in [-0.2, 0) is 5.67 Å². The predicted molar refractivity (Wildman–Crippen MR) is 50.7 cm³/mol. The summed E-state index contributed by atoms with van der Waals surface area (Å²) < 4.78 is 19.0. The molecule has 0 aliphatic carbocycles. The Balaban J connectivity index is 3.15. The molecule has 5 heteroatoms. The lowest BCUT2D eigenvalue weighted by Crippen LogP contribution is -2.31. The summed E-state index contributed by atoms with van der Waals surface area (Å²) in [7, 11) is 1.43. The summed E-state index contributed by atoms with van der Waals surface area (Å²) in [5, 5.41) is 0. The van der Waals surface area contributed by atoms with E-state index in [0.717, 1.165) is 0 Å². The second-order valence-electron chi connectivity index (χ2n) is 2.94. The molecule has 0 radical (unpaired) electrons. The molecular formula is C9H14FN3O. The van der Waals surface area contributed by atoms with Gasteiger partial charge in [-0.3, -0.25) is 4.98 Å². The van der Waals surface area contributed by atoms with Gasteiger partial charge in [-0.05, 0) is 6.42 Å². The van der Waals surface area contributed by atoms with Crippen molar-refractivity contribution in [2.75, 3.05) is 13.7 Å². The Morgan fingerprint density at radius 2 is 2.14 bits per heavy atom. The average molecular weight is 199 g/mol. The fourth-order valence-electron chi connectivity index (χ4n) is 1.19. The van der Waals surface area contributed by atoms with Crippen molar-refractivity contribution < 1.29 is 9.13 Å². The molecule has 2 N–H and O–H groups in total. The number of nitrogens with zero attached hydrogens (tertiary/aromatic N) is 2. The minimum absolute atomic E-state index is 0.126. The molecule has 0 aliphatic heterocycles. The van der Waals surface area contributed by atoms with Crippen LogP contribution in [0.25, 0.3) is 0 Å². The van der Waals surface area contributed by atoms with Crippen molar-refractivity contribution in [3.8, 4) is 5.88 Å². The van der Waals surface area contributed by atoms with Gasteiger partial charge in [0.05, 0.1) is 7.11 Å². The van der Waals surface area contributed by atoms with Crippen molar-refractivity contribution in [1.29, 1.82) is 0 Å². The van der Waals surface area contributed by atoms with E-state index in [1.54, 1.807) is 6.92 Å². The lowest BCUT2D eigenvalue weighted by molar-refractivity contribution is 0.155. The summed E-state index contributed by atoms with van der Waals surface area (Å²) >= 11 is 0. The maximum absolute atomic E-state index is 14.1. The first-order valence-corrected chi connectivity index (χ1v) is 4.42. The highest BCUT2D eigenvalue weighted by Gasteiger charge is 2.33. The second-order valence-corrected chi connectivity index (χ2v) is 2.94. The number of hydrogen-bond donors (Lipinski definition) is 1. The molecule has 0 aliphatic rings. The largest absolute Gasteiger partial charge is 0.480 e. The fraction of sp³-hybridized carbons (Fsp3) is 0.556. The van der Waals surface area contributed by atoms with E-state index in [1.165, 1.54) is 19.5 Å². The Morgan fingerprint density at radius 1 is 1.50 bits per heavy atom. The number of alkyl halides is 1. The van der Waals surface area contributed by atoms with Crippen molar-refractivity contribution in [2.45, 2.75) is 19.0 Å². The van der Waals surface area contributed by atoms with Gasteiger partial charge in [0.1, 0.15) is 5.69 Å². The topological polar surface area (TPSA) is 61.0 Å². The highest BCUT2D eigenvalue weighted by Crippen LogP contribution is 2.31. The van der Waals surface area contributed by atoms with Gasteiger partial charge in [0, 0.05) is 18.9 Å². The third-order valence-corrected chi connectivity index (χ3v) is 2.17. The van der Waals surface area contributed by atoms with E-state index in [2.05, 4.69) is 9.97 Å². The predicted octanol–water partition coefficient (Wildman–Crippen LogP) is 1.02. The molecule has 0 aromatic carbocycles. The monoisotopic (exact) mass is 199 g/mol. The molecule has 1 unspecified atom stereocenters. The zero-order chi connectivity index (χ0) is 10.6. The Hall–Kier alpha value is -1.23. The van der Waals surface area contributed by atoms with Crippen molar-refractivity contribution in [2.24, 2.45) is 5.73 Å². The molecule has 1 aromatic rings. The van der Waals surface area contributed by atoms with E-state index in [1.807, 2.05) is 0 Å². The van der Waals surface area contributed by atoms with Gasteiger partial charge in [0.2, 0.25) is 5.88 Å². The third-order valence-electron chi connectivity index (χ3n) is 2.17. The molecule has 0 bridgehead atoms. The lowest BCUT2D eigenvalue weighted by Gasteiger charge is -2.21. The van der Waals surface area contributed by atoms with Crippen molar-refractivity contribution in [3.63, 3.8) is 0 Å². The van der Waals surface area contributed by atoms with E-state index >= 15 is 0 Å². The molecule has 0 spiro atoms. The Bertz CT molecular complexity index is 302. The quantitative estimate of drug-likeness (QED) is 0.786. The molecule has 1 atom stereocenters. The first-order chi connectivity index (χ1) is 6.68. The number of ether oxygens (including phenoxy) is 1. The normalized spacial score (nSPS) is 14.9. The minimum atomic E-state index is -1.65. The molecule has 1 aromatic heterocycles. The standard InChI is InChI=1S/C9H14FN3O/c1-3-9(10,6-11)7-8(14-2)13-5-4-12-7/h4-5H,3,6,11H2,1-2H3. The van der Waals surface area contributed by atoms with E-state index in [-0.39, 0.29) is 24.5 Å². The van der Waals surface area contributed by atoms with Gasteiger partial charge in [0.15, 0.2) is 5.67 Å². The van der Waals surface area contributed by atoms with Crippen LogP contribution in [0.15, 0.2) is 12.4 Å². The molecule has 1 heterocycles. The minimum Gasteiger partial charge on any atom is -0.480 e. The molecular weight excluding hydrogens is 185 g/mol. The van der Waals surface area contributed by atoms with E-state index in [9.17, 15) is 4.39 Å². The van der Waals surface area contributed by atoms with Crippen LogP contribution in [0.4, 0.5) is 4.39 Å². The van der Waals surface area contributed by atoms with E-state index in [4.69, 9.17) is 10.5 Å². The summed E-state index contributed by atoms with van der Waals surface area (Å²) in [6.45, 7) is 1.58. The third kappa shape index (κ3) is 1.82. The molecule has 0 saturated carbocycles. The lowest BCUT2D eigenvalue weighted by atomic mass is 9.99. The van der Waals surface area contributed by atoms with Gasteiger partial charge >= 0.3 is 0 Å². The molecule has 0 fully saturated rings. The van der Waals surface area contributed by atoms with Crippen LogP contribution in [0.1, 0.15) is 19.0 Å². The van der Waals surface area contributed by atoms with Gasteiger partial charge in [-0.25, -0.2) is 9.37 Å². The highest BCUT2D eigenvalue weighted by molar-refractivity contribution is 5.24. The number of nitrogens with two attached hydrogens (primary N) is 1. The molecule has 78 valence electrons. The van der Waals surface area contributed by atoms with Crippen LogP contribution in [0.5, 0.6) is 5.88 Å². The smallest absolute Gasteiger partial charge is 0.238 e. The van der Waals surface area contributed by atoms with E-state index < -0.39 is 5.67 Å². The maximum Gasteiger partial charge on any atom is 0.238 e. The van der Waals surface area contributed by atoms with Crippen LogP contribution >= 0.6 is 0 Å². The number of halogens is 1. The summed E-state index contributed by atoms with van der Waals surface area (Å²) in [6, 6.07) is 0. The molecule has 14 heavy (non-hydrogen) atoms. The van der Waals surface area contributed by atoms with Gasteiger partial charge in [-0.1, -0.05) is 6.92 Å². The summed E-state index contributed by atoms with van der Waals surface area (Å²) in [6.07, 6.45) is 3.13. The maximum atomic E-state index is 14.1. The average Bonchev–Trinajstić information content (AvgIpc) is 2.28. The van der Waals surface area contributed by atoms with Crippen molar-refractivity contribution in [3.05, 3.63) is 18.1 Å². The number of methoxy groups -OCH3 is 1. The van der Waals surface area contributed by atoms with Gasteiger partial charge < -0.3 is 10.5 Å². The van der Waals surface area contributed by atoms with Crippen molar-refractivity contribution in [1.82, 2.24) is 9.97 Å². The Kier molecular flexibility index (Phi) is 3.35. The zero-order valence-electron chi connectivity index (χ0n) is 8.33. The van der Waals surface area contributed by atoms with Crippen molar-refractivity contribution >= 4 is 0 Å². The van der Waals surface area contributed by atoms with E-state index in [0.29, 0.717) is 0 Å². The second kappa shape index (κ2) is 4.32. The number of rotatable bonds is 4. The first kappa shape index (κ1) is 10.8. The van der Waals surface area contributed by atoms with Gasteiger partial charge in [-0.2, -0.15) is 0 Å². The molecule has 0 saturated heterocycles. The van der Waals surface area contributed by atoms with Gasteiger partial charge in [-0.15, -0.1) is 0 Å². The number of aromatic nitrogens is 2. The van der Waals surface area contributed by atoms with Crippen LogP contribution in [-0.4, -0.2) is 23.6 Å².